The van der Waals surface area contributed by atoms with Crippen molar-refractivity contribution in [3.8, 4) is 11.5 Å². The van der Waals surface area contributed by atoms with Gasteiger partial charge in [0.25, 0.3) is 0 Å². The van der Waals surface area contributed by atoms with Crippen LogP contribution in [0.25, 0.3) is 0 Å². The monoisotopic (exact) mass is 420 g/mol. The number of benzene rings is 2. The molecule has 0 bridgehead atoms. The molecule has 0 unspecified atom stereocenters. The molecule has 3 nitrogen and oxygen atoms in total. The van der Waals surface area contributed by atoms with E-state index in [2.05, 4.69) is 4.99 Å². The highest BCUT2D eigenvalue weighted by Gasteiger charge is 2.06. The van der Waals surface area contributed by atoms with Crippen LogP contribution < -0.4 is 10.5 Å². The van der Waals surface area contributed by atoms with E-state index in [-0.39, 0.29) is 24.0 Å². The lowest BCUT2D eigenvalue weighted by molar-refractivity contribution is 0.484. The Morgan fingerprint density at radius 3 is 2.35 bits per heavy atom. The molecule has 0 aliphatic carbocycles. The zero-order chi connectivity index (χ0) is 13.7. The number of hydrogen-bond acceptors (Lipinski definition) is 3. The summed E-state index contributed by atoms with van der Waals surface area (Å²) in [7, 11) is 0. The number of halogens is 2. The number of nitrogens with zero attached hydrogens (tertiary/aromatic N) is 1. The van der Waals surface area contributed by atoms with E-state index in [1.165, 1.54) is 11.8 Å². The first-order chi connectivity index (χ1) is 9.20. The second-order valence-corrected chi connectivity index (χ2v) is 4.89. The van der Waals surface area contributed by atoms with E-state index in [1.54, 1.807) is 12.1 Å². The van der Waals surface area contributed by atoms with E-state index in [0.717, 1.165) is 0 Å². The predicted molar refractivity (Wildman–Crippen MR) is 98.2 cm³/mol. The van der Waals surface area contributed by atoms with Crippen LogP contribution in [0, 0.1) is 0 Å². The molecule has 2 N–H and O–H groups in total. The van der Waals surface area contributed by atoms with E-state index in [9.17, 15) is 0 Å². The first kappa shape index (κ1) is 17.1. The molecule has 2 rings (SSSR count). The third-order valence-corrected chi connectivity index (χ3v) is 3.18. The highest BCUT2D eigenvalue weighted by molar-refractivity contribution is 14.0. The molecule has 0 saturated heterocycles. The third-order valence-electron chi connectivity index (χ3n) is 2.36. The fourth-order valence-electron chi connectivity index (χ4n) is 1.45. The van der Waals surface area contributed by atoms with Crippen LogP contribution in [0.15, 0.2) is 53.5 Å². The van der Waals surface area contributed by atoms with Gasteiger partial charge in [-0.15, -0.1) is 24.0 Å². The molecule has 2 aromatic carbocycles. The van der Waals surface area contributed by atoms with Crippen molar-refractivity contribution < 1.29 is 4.74 Å². The van der Waals surface area contributed by atoms with Crippen LogP contribution in [0.5, 0.6) is 11.5 Å². The van der Waals surface area contributed by atoms with Gasteiger partial charge in [-0.3, -0.25) is 0 Å². The number of rotatable bonds is 3. The summed E-state index contributed by atoms with van der Waals surface area (Å²) >= 11 is 7.45. The van der Waals surface area contributed by atoms with Crippen molar-refractivity contribution >= 4 is 58.2 Å². The van der Waals surface area contributed by atoms with Crippen LogP contribution in [0.1, 0.15) is 0 Å². The maximum absolute atomic E-state index is 6.07. The maximum Gasteiger partial charge on any atom is 0.159 e. The normalized spacial score (nSPS) is 10.8. The van der Waals surface area contributed by atoms with Crippen LogP contribution >= 0.6 is 47.3 Å². The molecule has 0 aliphatic heterocycles. The minimum Gasteiger partial charge on any atom is -0.454 e. The minimum absolute atomic E-state index is 0. The molecule has 0 atom stereocenters. The molecule has 6 heteroatoms. The van der Waals surface area contributed by atoms with Crippen molar-refractivity contribution in [3.05, 3.63) is 53.6 Å². The highest BCUT2D eigenvalue weighted by atomic mass is 127. The lowest BCUT2D eigenvalue weighted by atomic mass is 10.3. The van der Waals surface area contributed by atoms with Crippen molar-refractivity contribution in [2.75, 3.05) is 6.26 Å². The summed E-state index contributed by atoms with van der Waals surface area (Å²) in [6.45, 7) is 0. The number of hydrogen-bond donors (Lipinski definition) is 1. The number of amidine groups is 1. The van der Waals surface area contributed by atoms with E-state index < -0.39 is 0 Å². The standard InChI is InChI=1S/C14H13ClN2OS.HI/c1-19-14(16)17-11-7-3-5-9-13(11)18-12-8-4-2-6-10(12)15;/h2-9H,1H3,(H2,16,17);1H. The average molecular weight is 421 g/mol. The van der Waals surface area contributed by atoms with Gasteiger partial charge in [0.1, 0.15) is 11.4 Å². The SMILES string of the molecule is CSC(N)=Nc1ccccc1Oc1ccccc1Cl.I. The first-order valence-corrected chi connectivity index (χ1v) is 7.20. The van der Waals surface area contributed by atoms with Gasteiger partial charge < -0.3 is 10.5 Å². The van der Waals surface area contributed by atoms with Gasteiger partial charge >= 0.3 is 0 Å². The van der Waals surface area contributed by atoms with Gasteiger partial charge in [0.15, 0.2) is 10.9 Å². The Morgan fingerprint density at radius 1 is 1.10 bits per heavy atom. The molecule has 20 heavy (non-hydrogen) atoms. The second-order valence-electron chi connectivity index (χ2n) is 3.65. The van der Waals surface area contributed by atoms with Crippen LogP contribution in [-0.2, 0) is 0 Å². The molecule has 2 aromatic rings. The Bertz CT molecular complexity index is 607. The zero-order valence-corrected chi connectivity index (χ0v) is 14.6. The van der Waals surface area contributed by atoms with Crippen LogP contribution in [-0.4, -0.2) is 11.4 Å². The van der Waals surface area contributed by atoms with Crippen LogP contribution in [0.3, 0.4) is 0 Å². The summed E-state index contributed by atoms with van der Waals surface area (Å²) in [6.07, 6.45) is 1.87. The van der Waals surface area contributed by atoms with E-state index in [0.29, 0.717) is 27.4 Å². The summed E-state index contributed by atoms with van der Waals surface area (Å²) < 4.78 is 5.78. The molecule has 0 fully saturated rings. The van der Waals surface area contributed by atoms with E-state index >= 15 is 0 Å². The lowest BCUT2D eigenvalue weighted by Crippen LogP contribution is -2.04. The van der Waals surface area contributed by atoms with Gasteiger partial charge in [-0.05, 0) is 30.5 Å². The van der Waals surface area contributed by atoms with Gasteiger partial charge in [0.2, 0.25) is 0 Å². The van der Waals surface area contributed by atoms with Gasteiger partial charge in [0, 0.05) is 0 Å². The van der Waals surface area contributed by atoms with Crippen molar-refractivity contribution in [1.29, 1.82) is 0 Å². The molecule has 0 radical (unpaired) electrons. The second kappa shape index (κ2) is 8.39. The Kier molecular flexibility index (Phi) is 7.18. The summed E-state index contributed by atoms with van der Waals surface area (Å²) in [6, 6.07) is 14.7. The van der Waals surface area contributed by atoms with Gasteiger partial charge in [-0.25, -0.2) is 4.99 Å². The predicted octanol–water partition coefficient (Wildman–Crippen LogP) is 5.06. The summed E-state index contributed by atoms with van der Waals surface area (Å²) in [4.78, 5) is 4.29. The van der Waals surface area contributed by atoms with E-state index in [4.69, 9.17) is 22.1 Å². The minimum atomic E-state index is 0. The molecular weight excluding hydrogens is 407 g/mol. The van der Waals surface area contributed by atoms with Crippen LogP contribution in [0.4, 0.5) is 5.69 Å². The molecule has 106 valence electrons. The zero-order valence-electron chi connectivity index (χ0n) is 10.7. The van der Waals surface area contributed by atoms with Crippen molar-refractivity contribution in [2.45, 2.75) is 0 Å². The van der Waals surface area contributed by atoms with Gasteiger partial charge in [-0.1, -0.05) is 47.6 Å². The van der Waals surface area contributed by atoms with Crippen molar-refractivity contribution in [3.63, 3.8) is 0 Å². The molecule has 0 aromatic heterocycles. The fraction of sp³-hybridized carbons (Fsp3) is 0.0714. The summed E-state index contributed by atoms with van der Waals surface area (Å²) in [5, 5.41) is 1.04. The maximum atomic E-state index is 6.07. The summed E-state index contributed by atoms with van der Waals surface area (Å²) in [5.74, 6) is 1.21. The highest BCUT2D eigenvalue weighted by Crippen LogP contribution is 2.34. The topological polar surface area (TPSA) is 47.6 Å². The Balaban J connectivity index is 0.00000200. The Morgan fingerprint density at radius 2 is 1.70 bits per heavy atom. The number of ether oxygens (including phenoxy) is 1. The number of thioether (sulfide) groups is 1. The molecule has 0 amide bonds. The van der Waals surface area contributed by atoms with E-state index in [1.807, 2.05) is 42.7 Å². The third kappa shape index (κ3) is 4.57. The smallest absolute Gasteiger partial charge is 0.159 e. The molecule has 0 saturated carbocycles. The lowest BCUT2D eigenvalue weighted by Gasteiger charge is -2.09. The first-order valence-electron chi connectivity index (χ1n) is 5.60. The quantitative estimate of drug-likeness (QED) is 0.429. The molecule has 0 aliphatic rings. The van der Waals surface area contributed by atoms with Crippen molar-refractivity contribution in [2.24, 2.45) is 10.7 Å². The number of para-hydroxylation sites is 3. The number of aliphatic imine (C=N–C) groups is 1. The Labute approximate surface area is 144 Å². The molecule has 0 spiro atoms. The summed E-state index contributed by atoms with van der Waals surface area (Å²) in [5.41, 5.74) is 6.40. The fourth-order valence-corrected chi connectivity index (χ4v) is 1.81. The average Bonchev–Trinajstić information content (AvgIpc) is 2.43. The largest absolute Gasteiger partial charge is 0.454 e. The number of nitrogens with two attached hydrogens (primary N) is 1. The van der Waals surface area contributed by atoms with Crippen molar-refractivity contribution in [1.82, 2.24) is 0 Å². The van der Waals surface area contributed by atoms with Gasteiger partial charge in [-0.2, -0.15) is 0 Å². The van der Waals surface area contributed by atoms with Gasteiger partial charge in [0.05, 0.1) is 5.02 Å². The Hall–Kier alpha value is -0.920. The molecular formula is C14H14ClIN2OS. The molecule has 0 heterocycles. The van der Waals surface area contributed by atoms with Crippen LogP contribution in [0.2, 0.25) is 5.02 Å².